The highest BCUT2D eigenvalue weighted by Crippen LogP contribution is 2.42. The summed E-state index contributed by atoms with van der Waals surface area (Å²) in [5.74, 6) is -4.79. The molecular formula is C65H81N5O17. The molecule has 5 aromatic rings. The number of benzene rings is 4. The topological polar surface area (TPSA) is 308 Å². The smallest absolute Gasteiger partial charge is 0.335 e. The summed E-state index contributed by atoms with van der Waals surface area (Å²) in [6.07, 6.45) is -8.07. The van der Waals surface area contributed by atoms with Crippen molar-refractivity contribution in [2.75, 3.05) is 20.3 Å². The molecule has 2 aliphatic heterocycles. The molecule has 22 nitrogen and oxygen atoms in total. The van der Waals surface area contributed by atoms with Crippen LogP contribution >= 0.6 is 0 Å². The van der Waals surface area contributed by atoms with Gasteiger partial charge in [-0.3, -0.25) is 24.2 Å². The minimum Gasteiger partial charge on any atom is -0.469 e. The van der Waals surface area contributed by atoms with Gasteiger partial charge in [0.15, 0.2) is 12.4 Å². The van der Waals surface area contributed by atoms with E-state index in [9.17, 15) is 39.0 Å². The number of nitrogens with one attached hydrogen (secondary N) is 4. The summed E-state index contributed by atoms with van der Waals surface area (Å²) in [5.41, 5.74) is 7.19. The van der Waals surface area contributed by atoms with Crippen LogP contribution in [0.1, 0.15) is 97.5 Å². The molecule has 1 aromatic heterocycles. The van der Waals surface area contributed by atoms with E-state index in [1.807, 2.05) is 128 Å². The molecule has 4 aliphatic rings. The first-order valence-corrected chi connectivity index (χ1v) is 30.1. The van der Waals surface area contributed by atoms with Crippen LogP contribution in [0.2, 0.25) is 0 Å². The van der Waals surface area contributed by atoms with E-state index in [4.69, 9.17) is 48.4 Å². The number of hydrogen-bond acceptors (Lipinski definition) is 18. The van der Waals surface area contributed by atoms with E-state index in [0.717, 1.165) is 60.4 Å². The molecule has 2 aliphatic carbocycles. The Balaban J connectivity index is 1.11. The average Bonchev–Trinajstić information content (AvgIpc) is 1.68. The van der Waals surface area contributed by atoms with E-state index in [0.29, 0.717) is 0 Å². The minimum absolute atomic E-state index is 0.00889. The van der Waals surface area contributed by atoms with Crippen molar-refractivity contribution in [1.29, 1.82) is 0 Å². The number of nitrogens with two attached hydrogens (primary N) is 1. The van der Waals surface area contributed by atoms with Crippen molar-refractivity contribution in [3.8, 4) is 0 Å². The van der Waals surface area contributed by atoms with Gasteiger partial charge in [-0.1, -0.05) is 153 Å². The van der Waals surface area contributed by atoms with Crippen molar-refractivity contribution in [1.82, 2.24) is 20.6 Å². The van der Waals surface area contributed by atoms with E-state index in [-0.39, 0.29) is 63.7 Å². The first kappa shape index (κ1) is 64.5. The Morgan fingerprint density at radius 3 is 1.84 bits per heavy atom. The Bertz CT molecular complexity index is 3050. The molecule has 8 N–H and O–H groups in total. The maximum Gasteiger partial charge on any atom is 0.335 e. The fourth-order valence-electron chi connectivity index (χ4n) is 12.5. The number of aliphatic hydroxyl groups excluding tert-OH is 2. The van der Waals surface area contributed by atoms with E-state index < -0.39 is 139 Å². The SMILES string of the molecule is COC(=O)C1CC(O[C@@H]2O[C@@H](CO)C(O)C(O[C@@H](CC3CCCCC3)C(=O)OCc3ccccc3)C2NC(=O)CN)C(CC2OC(C)C(OCc3ccccc3)C(OCc3ccccc3)C2OCc2ccccc2)[C@H](NC(=O)c2cc(=O)[nH]c(=O)[nH]2)C1. The zero-order valence-electron chi connectivity index (χ0n) is 49.1. The maximum atomic E-state index is 14.5. The Morgan fingerprint density at radius 2 is 1.28 bits per heavy atom. The standard InChI is InChI=1S/C65H81N5O17/c1-39-57(80-35-41-20-10-4-11-21-41)60(82-37-43-24-14-6-15-25-43)58(81-36-42-22-12-5-13-23-42)50(84-39)31-46-47(67-61(75)48-32-53(72)70-65(78)68-48)29-45(62(76)79-2)30-49(46)86-64-55(69-54(73)33-66)59(56(74)52(34-71)87-64)85-51(28-40-18-8-3-9-19-40)63(77)83-38-44-26-16-7-17-27-44/h4-7,10-17,20-27,32,39-40,45-47,49-52,55-60,64,71,74H,3,8-9,18-19,28-31,33-38,66H2,1-2H3,(H,67,75)(H,69,73)(H2,68,70,72,78)/t39?,45?,46?,47-,49?,50?,51+,52+,55?,56?,57?,58?,59?,60?,64-/m1/s1. The number of carbonyl (C=O) groups is 4. The van der Waals surface area contributed by atoms with Crippen molar-refractivity contribution in [3.63, 3.8) is 0 Å². The fraction of sp³-hybridized carbons (Fsp3) is 0.508. The summed E-state index contributed by atoms with van der Waals surface area (Å²) in [7, 11) is 1.23. The van der Waals surface area contributed by atoms with Gasteiger partial charge in [0.05, 0.1) is 64.3 Å². The largest absolute Gasteiger partial charge is 0.469 e. The van der Waals surface area contributed by atoms with E-state index >= 15 is 0 Å². The van der Waals surface area contributed by atoms with Gasteiger partial charge in [0, 0.05) is 18.0 Å². The zero-order valence-corrected chi connectivity index (χ0v) is 49.1. The average molecular weight is 1200 g/mol. The minimum atomic E-state index is -1.67. The van der Waals surface area contributed by atoms with Crippen molar-refractivity contribution in [2.24, 2.45) is 23.5 Å². The summed E-state index contributed by atoms with van der Waals surface area (Å²) in [4.78, 5) is 86.3. The number of carbonyl (C=O) groups excluding carboxylic acids is 4. The normalized spacial score (nSPS) is 28.0. The number of rotatable bonds is 26. The number of aromatic nitrogens is 2. The van der Waals surface area contributed by atoms with Gasteiger partial charge in [-0.25, -0.2) is 9.59 Å². The lowest BCUT2D eigenvalue weighted by atomic mass is 9.72. The van der Waals surface area contributed by atoms with E-state index in [1.54, 1.807) is 0 Å². The van der Waals surface area contributed by atoms with Gasteiger partial charge in [0.1, 0.15) is 55.0 Å². The molecule has 87 heavy (non-hydrogen) atoms. The van der Waals surface area contributed by atoms with Crippen LogP contribution in [-0.2, 0) is 83.4 Å². The molecule has 0 bridgehead atoms. The number of esters is 2. The van der Waals surface area contributed by atoms with Gasteiger partial charge >= 0.3 is 17.6 Å². The number of hydrogen-bond donors (Lipinski definition) is 7. The first-order valence-electron chi connectivity index (χ1n) is 30.1. The van der Waals surface area contributed by atoms with Crippen molar-refractivity contribution in [3.05, 3.63) is 176 Å². The van der Waals surface area contributed by atoms with Crippen LogP contribution in [0.3, 0.4) is 0 Å². The van der Waals surface area contributed by atoms with Crippen molar-refractivity contribution in [2.45, 2.75) is 171 Å². The molecule has 15 atom stereocenters. The predicted octanol–water partition coefficient (Wildman–Crippen LogP) is 4.67. The van der Waals surface area contributed by atoms with Crippen LogP contribution in [0.25, 0.3) is 0 Å². The van der Waals surface area contributed by atoms with Gasteiger partial charge < -0.3 is 74.2 Å². The summed E-state index contributed by atoms with van der Waals surface area (Å²) in [6.45, 7) is 0.976. The van der Waals surface area contributed by atoms with E-state index in [1.165, 1.54) is 7.11 Å². The van der Waals surface area contributed by atoms with Crippen molar-refractivity contribution < 1.29 is 72.0 Å². The first-order chi connectivity index (χ1) is 42.3. The van der Waals surface area contributed by atoms with Crippen LogP contribution in [0.4, 0.5) is 0 Å². The number of ether oxygens (including phenoxy) is 9. The predicted molar refractivity (Wildman–Crippen MR) is 315 cm³/mol. The number of methoxy groups -OCH3 is 1. The highest BCUT2D eigenvalue weighted by molar-refractivity contribution is 5.92. The zero-order chi connectivity index (χ0) is 61.2. The highest BCUT2D eigenvalue weighted by Gasteiger charge is 2.54. The second kappa shape index (κ2) is 31.8. The number of H-pyrrole nitrogens is 2. The molecule has 3 heterocycles. The Labute approximate surface area is 505 Å². The Hall–Kier alpha value is -6.96. The molecule has 2 saturated heterocycles. The van der Waals surface area contributed by atoms with Gasteiger partial charge in [-0.15, -0.1) is 0 Å². The molecule has 0 radical (unpaired) electrons. The van der Waals surface area contributed by atoms with Crippen LogP contribution in [0.5, 0.6) is 0 Å². The molecule has 4 fully saturated rings. The number of aliphatic hydroxyl groups is 2. The molecular weight excluding hydrogens is 1120 g/mol. The van der Waals surface area contributed by atoms with Crippen LogP contribution in [-0.4, -0.2) is 144 Å². The third kappa shape index (κ3) is 17.6. The van der Waals surface area contributed by atoms with Gasteiger partial charge in [-0.05, 0) is 60.8 Å². The second-order valence-electron chi connectivity index (χ2n) is 22.9. The molecule has 468 valence electrons. The molecule has 2 saturated carbocycles. The summed E-state index contributed by atoms with van der Waals surface area (Å²) < 4.78 is 59.4. The van der Waals surface area contributed by atoms with Gasteiger partial charge in [0.25, 0.3) is 11.5 Å². The highest BCUT2D eigenvalue weighted by atomic mass is 16.7. The third-order valence-electron chi connectivity index (χ3n) is 16.9. The quantitative estimate of drug-likeness (QED) is 0.0370. The lowest BCUT2D eigenvalue weighted by Gasteiger charge is -2.50. The molecule has 4 aromatic carbocycles. The maximum absolute atomic E-state index is 14.5. The monoisotopic (exact) mass is 1200 g/mol. The van der Waals surface area contributed by atoms with Crippen molar-refractivity contribution >= 4 is 23.8 Å². The lowest BCUT2D eigenvalue weighted by Crippen LogP contribution is -2.68. The molecule has 11 unspecified atom stereocenters. The van der Waals surface area contributed by atoms with E-state index in [2.05, 4.69) is 20.6 Å². The Morgan fingerprint density at radius 1 is 0.701 bits per heavy atom. The number of aromatic amines is 2. The molecule has 22 heteroatoms. The Kier molecular flexibility index (Phi) is 23.6. The molecule has 0 spiro atoms. The molecule has 2 amide bonds. The lowest BCUT2D eigenvalue weighted by molar-refractivity contribution is -0.303. The van der Waals surface area contributed by atoms with Gasteiger partial charge in [0.2, 0.25) is 5.91 Å². The van der Waals surface area contributed by atoms with Crippen LogP contribution < -0.4 is 27.6 Å². The summed E-state index contributed by atoms with van der Waals surface area (Å²) in [6, 6.07) is 36.4. The second-order valence-corrected chi connectivity index (χ2v) is 22.9. The summed E-state index contributed by atoms with van der Waals surface area (Å²) in [5, 5.41) is 29.0. The molecule has 9 rings (SSSR count). The summed E-state index contributed by atoms with van der Waals surface area (Å²) >= 11 is 0. The van der Waals surface area contributed by atoms with Crippen LogP contribution in [0, 0.1) is 17.8 Å². The fourth-order valence-corrected chi connectivity index (χ4v) is 12.5. The van der Waals surface area contributed by atoms with Gasteiger partial charge in [-0.2, -0.15) is 0 Å². The third-order valence-corrected chi connectivity index (χ3v) is 16.9. The number of amides is 2. The van der Waals surface area contributed by atoms with Crippen LogP contribution in [0.15, 0.2) is 137 Å².